The summed E-state index contributed by atoms with van der Waals surface area (Å²) in [5.74, 6) is 1.26. The van der Waals surface area contributed by atoms with Gasteiger partial charge in [-0.1, -0.05) is 12.8 Å². The zero-order chi connectivity index (χ0) is 18.9. The van der Waals surface area contributed by atoms with Gasteiger partial charge in [0.05, 0.1) is 5.52 Å². The molecule has 1 aliphatic rings. The van der Waals surface area contributed by atoms with Crippen LogP contribution in [-0.2, 0) is 0 Å². The highest BCUT2D eigenvalue weighted by molar-refractivity contribution is 5.81. The lowest BCUT2D eigenvalue weighted by atomic mass is 10.2. The standard InChI is InChI=1S/C20H19N7O/c28-19-10-7-14-12-21-18(11-17(14)27(19)16-3-1-2-4-16)22-15-8-5-13(6-9-15)20-23-25-26-24-20/h5-12,16H,1-4H2,(H,21,22)(H,23,24,25,26). The van der Waals surface area contributed by atoms with Crippen LogP contribution in [0.2, 0.25) is 0 Å². The minimum Gasteiger partial charge on any atom is -0.340 e. The quantitative estimate of drug-likeness (QED) is 0.568. The van der Waals surface area contributed by atoms with E-state index >= 15 is 0 Å². The maximum atomic E-state index is 12.5. The Morgan fingerprint density at radius 1 is 1.07 bits per heavy atom. The summed E-state index contributed by atoms with van der Waals surface area (Å²) >= 11 is 0. The predicted octanol–water partition coefficient (Wildman–Crippen LogP) is 3.44. The van der Waals surface area contributed by atoms with Crippen LogP contribution in [0.4, 0.5) is 11.5 Å². The molecule has 2 N–H and O–H groups in total. The van der Waals surface area contributed by atoms with E-state index in [1.54, 1.807) is 6.07 Å². The SMILES string of the molecule is O=c1ccc2cnc(Nc3ccc(-c4nn[nH]n4)cc3)cc2n1C1CCCC1. The minimum absolute atomic E-state index is 0.0565. The summed E-state index contributed by atoms with van der Waals surface area (Å²) in [4.78, 5) is 17.0. The number of fused-ring (bicyclic) bond motifs is 1. The van der Waals surface area contributed by atoms with E-state index < -0.39 is 0 Å². The third-order valence-corrected chi connectivity index (χ3v) is 5.27. The number of rotatable bonds is 4. The van der Waals surface area contributed by atoms with Gasteiger partial charge >= 0.3 is 0 Å². The lowest BCUT2D eigenvalue weighted by molar-refractivity contribution is 0.519. The molecule has 28 heavy (non-hydrogen) atoms. The maximum Gasteiger partial charge on any atom is 0.251 e. The van der Waals surface area contributed by atoms with Gasteiger partial charge in [0.25, 0.3) is 5.56 Å². The van der Waals surface area contributed by atoms with Crippen LogP contribution in [0, 0.1) is 0 Å². The van der Waals surface area contributed by atoms with Crippen molar-refractivity contribution in [1.29, 1.82) is 0 Å². The Kier molecular flexibility index (Phi) is 4.08. The number of pyridine rings is 2. The molecule has 1 fully saturated rings. The molecule has 5 rings (SSSR count). The molecular formula is C20H19N7O. The second kappa shape index (κ2) is 6.88. The van der Waals surface area contributed by atoms with Crippen molar-refractivity contribution in [3.63, 3.8) is 0 Å². The molecular weight excluding hydrogens is 354 g/mol. The Morgan fingerprint density at radius 2 is 1.89 bits per heavy atom. The molecule has 1 saturated carbocycles. The van der Waals surface area contributed by atoms with Crippen molar-refractivity contribution in [1.82, 2.24) is 30.2 Å². The van der Waals surface area contributed by atoms with Crippen LogP contribution in [0.1, 0.15) is 31.7 Å². The molecule has 1 aliphatic carbocycles. The summed E-state index contributed by atoms with van der Waals surface area (Å²) in [5, 5.41) is 18.3. The van der Waals surface area contributed by atoms with Crippen molar-refractivity contribution >= 4 is 22.4 Å². The first kappa shape index (κ1) is 16.6. The van der Waals surface area contributed by atoms with Gasteiger partial charge in [-0.15, -0.1) is 10.2 Å². The lowest BCUT2D eigenvalue weighted by Crippen LogP contribution is -2.22. The first-order valence-electron chi connectivity index (χ1n) is 9.40. The Morgan fingerprint density at radius 3 is 2.64 bits per heavy atom. The highest BCUT2D eigenvalue weighted by Gasteiger charge is 2.20. The van der Waals surface area contributed by atoms with Gasteiger partial charge in [0.2, 0.25) is 5.82 Å². The molecule has 0 atom stereocenters. The summed E-state index contributed by atoms with van der Waals surface area (Å²) < 4.78 is 1.94. The van der Waals surface area contributed by atoms with Crippen molar-refractivity contribution in [2.24, 2.45) is 0 Å². The Hall–Kier alpha value is -3.55. The fourth-order valence-corrected chi connectivity index (χ4v) is 3.89. The van der Waals surface area contributed by atoms with E-state index in [-0.39, 0.29) is 11.6 Å². The highest BCUT2D eigenvalue weighted by Crippen LogP contribution is 2.31. The number of aromatic amines is 1. The van der Waals surface area contributed by atoms with E-state index in [2.05, 4.69) is 30.9 Å². The van der Waals surface area contributed by atoms with E-state index in [1.807, 2.05) is 47.2 Å². The van der Waals surface area contributed by atoms with Crippen LogP contribution in [-0.4, -0.2) is 30.2 Å². The first-order valence-corrected chi connectivity index (χ1v) is 9.40. The molecule has 0 saturated heterocycles. The molecule has 8 nitrogen and oxygen atoms in total. The zero-order valence-electron chi connectivity index (χ0n) is 15.2. The molecule has 0 unspecified atom stereocenters. The largest absolute Gasteiger partial charge is 0.340 e. The number of aromatic nitrogens is 6. The molecule has 3 heterocycles. The topological polar surface area (TPSA) is 101 Å². The van der Waals surface area contributed by atoms with Crippen molar-refractivity contribution < 1.29 is 0 Å². The first-order chi connectivity index (χ1) is 13.8. The molecule has 8 heteroatoms. The van der Waals surface area contributed by atoms with Crippen molar-refractivity contribution in [2.45, 2.75) is 31.7 Å². The molecule has 0 spiro atoms. The molecule has 1 aromatic carbocycles. The molecule has 3 aromatic heterocycles. The second-order valence-electron chi connectivity index (χ2n) is 7.05. The average Bonchev–Trinajstić information content (AvgIpc) is 3.43. The van der Waals surface area contributed by atoms with E-state index in [4.69, 9.17) is 0 Å². The van der Waals surface area contributed by atoms with Crippen molar-refractivity contribution in [2.75, 3.05) is 5.32 Å². The van der Waals surface area contributed by atoms with Gasteiger partial charge < -0.3 is 9.88 Å². The van der Waals surface area contributed by atoms with Crippen LogP contribution in [0.3, 0.4) is 0 Å². The van der Waals surface area contributed by atoms with E-state index in [0.29, 0.717) is 11.6 Å². The van der Waals surface area contributed by atoms with Crippen molar-refractivity contribution in [3.8, 4) is 11.4 Å². The maximum absolute atomic E-state index is 12.5. The van der Waals surface area contributed by atoms with Crippen LogP contribution in [0.5, 0.6) is 0 Å². The number of anilines is 2. The molecule has 0 amide bonds. The van der Waals surface area contributed by atoms with Gasteiger partial charge in [-0.05, 0) is 48.4 Å². The minimum atomic E-state index is 0.0565. The Bertz CT molecular complexity index is 1160. The van der Waals surface area contributed by atoms with Gasteiger partial charge in [-0.2, -0.15) is 5.21 Å². The van der Waals surface area contributed by atoms with E-state index in [9.17, 15) is 4.79 Å². The lowest BCUT2D eigenvalue weighted by Gasteiger charge is -2.17. The molecule has 0 radical (unpaired) electrons. The molecule has 0 bridgehead atoms. The smallest absolute Gasteiger partial charge is 0.251 e. The van der Waals surface area contributed by atoms with Crippen LogP contribution >= 0.6 is 0 Å². The average molecular weight is 373 g/mol. The zero-order valence-corrected chi connectivity index (χ0v) is 15.2. The normalized spacial score (nSPS) is 14.6. The highest BCUT2D eigenvalue weighted by atomic mass is 16.1. The number of nitrogens with one attached hydrogen (secondary N) is 2. The fraction of sp³-hybridized carbons (Fsp3) is 0.250. The second-order valence-corrected chi connectivity index (χ2v) is 7.05. The molecule has 140 valence electrons. The third-order valence-electron chi connectivity index (χ3n) is 5.27. The van der Waals surface area contributed by atoms with Crippen LogP contribution in [0.15, 0.2) is 53.5 Å². The number of nitrogens with zero attached hydrogens (tertiary/aromatic N) is 5. The number of tetrazole rings is 1. The summed E-state index contributed by atoms with van der Waals surface area (Å²) in [7, 11) is 0. The van der Waals surface area contributed by atoms with Crippen molar-refractivity contribution in [3.05, 3.63) is 59.0 Å². The van der Waals surface area contributed by atoms with Gasteiger partial charge in [0, 0.05) is 41.0 Å². The molecule has 4 aromatic rings. The Balaban J connectivity index is 1.48. The monoisotopic (exact) mass is 373 g/mol. The number of hydrogen-bond acceptors (Lipinski definition) is 6. The predicted molar refractivity (Wildman–Crippen MR) is 106 cm³/mol. The summed E-state index contributed by atoms with van der Waals surface area (Å²) in [6.45, 7) is 0. The van der Waals surface area contributed by atoms with Gasteiger partial charge in [0.1, 0.15) is 5.82 Å². The number of benzene rings is 1. The van der Waals surface area contributed by atoms with E-state index in [0.717, 1.165) is 35.0 Å². The summed E-state index contributed by atoms with van der Waals surface area (Å²) in [5.41, 5.74) is 2.76. The fourth-order valence-electron chi connectivity index (χ4n) is 3.89. The van der Waals surface area contributed by atoms with Gasteiger partial charge in [0.15, 0.2) is 0 Å². The summed E-state index contributed by atoms with van der Waals surface area (Å²) in [6.07, 6.45) is 6.28. The van der Waals surface area contributed by atoms with Crippen LogP contribution in [0.25, 0.3) is 22.3 Å². The van der Waals surface area contributed by atoms with Crippen LogP contribution < -0.4 is 10.9 Å². The summed E-state index contributed by atoms with van der Waals surface area (Å²) in [6, 6.07) is 13.4. The van der Waals surface area contributed by atoms with Gasteiger partial charge in [-0.3, -0.25) is 4.79 Å². The van der Waals surface area contributed by atoms with E-state index in [1.165, 1.54) is 12.8 Å². The molecule has 0 aliphatic heterocycles. The van der Waals surface area contributed by atoms with Gasteiger partial charge in [-0.25, -0.2) is 4.98 Å². The number of H-pyrrole nitrogens is 1. The Labute approximate surface area is 160 Å². The number of hydrogen-bond donors (Lipinski definition) is 2. The third kappa shape index (κ3) is 3.02.